The molecule has 2 N–H and O–H groups in total. The Labute approximate surface area is 119 Å². The first-order chi connectivity index (χ1) is 8.65. The molecule has 0 aromatic carbocycles. The van der Waals surface area contributed by atoms with Gasteiger partial charge >= 0.3 is 0 Å². The third kappa shape index (κ3) is 3.48. The lowest BCUT2D eigenvalue weighted by Gasteiger charge is -2.12. The quantitative estimate of drug-likeness (QED) is 0.921. The van der Waals surface area contributed by atoms with Gasteiger partial charge in [-0.25, -0.2) is 0 Å². The Kier molecular flexibility index (Phi) is 5.82. The number of aromatic nitrogens is 1. The number of hydrogen-bond acceptors (Lipinski definition) is 4. The summed E-state index contributed by atoms with van der Waals surface area (Å²) in [6.45, 7) is 5.55. The highest BCUT2D eigenvalue weighted by Crippen LogP contribution is 2.23. The third-order valence-corrected chi connectivity index (χ3v) is 3.65. The summed E-state index contributed by atoms with van der Waals surface area (Å²) >= 11 is 0. The molecule has 1 unspecified atom stereocenters. The average molecular weight is 288 g/mol. The molecular weight excluding hydrogens is 266 g/mol. The Morgan fingerprint density at radius 2 is 2.26 bits per heavy atom. The van der Waals surface area contributed by atoms with Crippen LogP contribution >= 0.6 is 12.4 Å². The molecule has 1 aliphatic heterocycles. The van der Waals surface area contributed by atoms with Gasteiger partial charge < -0.3 is 15.2 Å². The largest absolute Gasteiger partial charge is 0.351 e. The fourth-order valence-corrected chi connectivity index (χ4v) is 2.42. The highest BCUT2D eigenvalue weighted by atomic mass is 35.5. The summed E-state index contributed by atoms with van der Waals surface area (Å²) in [5.41, 5.74) is 6.68. The minimum absolute atomic E-state index is 0. The van der Waals surface area contributed by atoms with Crippen LogP contribution in [-0.4, -0.2) is 35.1 Å². The number of rotatable bonds is 4. The van der Waals surface area contributed by atoms with Crippen molar-refractivity contribution in [2.24, 2.45) is 5.73 Å². The summed E-state index contributed by atoms with van der Waals surface area (Å²) in [7, 11) is 0. The van der Waals surface area contributed by atoms with Gasteiger partial charge in [0.15, 0.2) is 0 Å². The van der Waals surface area contributed by atoms with E-state index in [4.69, 9.17) is 10.3 Å². The topological polar surface area (TPSA) is 72.4 Å². The van der Waals surface area contributed by atoms with Crippen molar-refractivity contribution in [3.8, 4) is 0 Å². The fraction of sp³-hybridized carbons (Fsp3) is 0.692. The van der Waals surface area contributed by atoms with Gasteiger partial charge in [0.25, 0.3) is 5.91 Å². The lowest BCUT2D eigenvalue weighted by Crippen LogP contribution is -2.31. The summed E-state index contributed by atoms with van der Waals surface area (Å²) in [5, 5.41) is 4.02. The van der Waals surface area contributed by atoms with Crippen LogP contribution in [0.25, 0.3) is 0 Å². The lowest BCUT2D eigenvalue weighted by molar-refractivity contribution is 0.0749. The Morgan fingerprint density at radius 1 is 1.58 bits per heavy atom. The van der Waals surface area contributed by atoms with E-state index < -0.39 is 0 Å². The molecule has 1 aromatic heterocycles. The second-order valence-electron chi connectivity index (χ2n) is 4.93. The molecule has 19 heavy (non-hydrogen) atoms. The smallest absolute Gasteiger partial charge is 0.292 e. The number of hydrogen-bond donors (Lipinski definition) is 1. The maximum absolute atomic E-state index is 12.1. The molecule has 1 atom stereocenters. The second kappa shape index (κ2) is 6.91. The molecule has 2 heterocycles. The number of carbonyl (C=O) groups excluding carboxylic acids is 1. The monoisotopic (exact) mass is 287 g/mol. The normalized spacial score (nSPS) is 18.7. The Hall–Kier alpha value is -1.07. The maximum atomic E-state index is 12.1. The van der Waals surface area contributed by atoms with Crippen LogP contribution in [0.5, 0.6) is 0 Å². The van der Waals surface area contributed by atoms with Crippen molar-refractivity contribution in [1.82, 2.24) is 10.1 Å². The predicted molar refractivity (Wildman–Crippen MR) is 75.6 cm³/mol. The van der Waals surface area contributed by atoms with Crippen molar-refractivity contribution >= 4 is 18.3 Å². The molecule has 0 aliphatic carbocycles. The third-order valence-electron chi connectivity index (χ3n) is 3.65. The van der Waals surface area contributed by atoms with E-state index in [1.165, 1.54) is 0 Å². The molecule has 2 rings (SSSR count). The second-order valence-corrected chi connectivity index (χ2v) is 4.93. The van der Waals surface area contributed by atoms with Gasteiger partial charge in [0.1, 0.15) is 0 Å². The van der Waals surface area contributed by atoms with E-state index in [-0.39, 0.29) is 24.4 Å². The van der Waals surface area contributed by atoms with Crippen LogP contribution in [0.15, 0.2) is 10.6 Å². The SMILES string of the molecule is CCC(CC)c1cc(C(=O)N2CCC(N)C2)on1.Cl. The molecule has 1 saturated heterocycles. The van der Waals surface area contributed by atoms with Crippen molar-refractivity contribution < 1.29 is 9.32 Å². The number of carbonyl (C=O) groups is 1. The molecule has 1 aromatic rings. The van der Waals surface area contributed by atoms with Crippen molar-refractivity contribution in [2.75, 3.05) is 13.1 Å². The van der Waals surface area contributed by atoms with Gasteiger partial charge in [-0.3, -0.25) is 4.79 Å². The minimum atomic E-state index is -0.0901. The summed E-state index contributed by atoms with van der Waals surface area (Å²) < 4.78 is 5.18. The highest BCUT2D eigenvalue weighted by Gasteiger charge is 2.27. The summed E-state index contributed by atoms with van der Waals surface area (Å²) in [6, 6.07) is 1.87. The first kappa shape index (κ1) is 16.0. The standard InChI is InChI=1S/C13H21N3O2.ClH/c1-3-9(4-2)11-7-12(18-15-11)13(17)16-6-5-10(14)8-16;/h7,9-10H,3-6,8,14H2,1-2H3;1H. The van der Waals surface area contributed by atoms with Gasteiger partial charge in [-0.05, 0) is 19.3 Å². The van der Waals surface area contributed by atoms with Crippen LogP contribution in [0.2, 0.25) is 0 Å². The first-order valence-corrected chi connectivity index (χ1v) is 6.67. The maximum Gasteiger partial charge on any atom is 0.292 e. The number of likely N-dealkylation sites (tertiary alicyclic amines) is 1. The Morgan fingerprint density at radius 3 is 2.79 bits per heavy atom. The van der Waals surface area contributed by atoms with E-state index in [1.807, 2.05) is 0 Å². The highest BCUT2D eigenvalue weighted by molar-refractivity contribution is 5.91. The van der Waals surface area contributed by atoms with Crippen LogP contribution in [0, 0.1) is 0 Å². The van der Waals surface area contributed by atoms with E-state index in [1.54, 1.807) is 11.0 Å². The Bertz CT molecular complexity index is 418. The van der Waals surface area contributed by atoms with Gasteiger partial charge in [0.05, 0.1) is 5.69 Å². The molecule has 1 aliphatic rings. The first-order valence-electron chi connectivity index (χ1n) is 6.67. The molecule has 5 nitrogen and oxygen atoms in total. The molecule has 6 heteroatoms. The van der Waals surface area contributed by atoms with Gasteiger partial charge in [0, 0.05) is 31.1 Å². The van der Waals surface area contributed by atoms with Crippen LogP contribution in [0.4, 0.5) is 0 Å². The Balaban J connectivity index is 0.00000180. The van der Waals surface area contributed by atoms with Crippen molar-refractivity contribution in [2.45, 2.75) is 45.1 Å². The molecule has 0 radical (unpaired) electrons. The van der Waals surface area contributed by atoms with Crippen LogP contribution < -0.4 is 5.73 Å². The lowest BCUT2D eigenvalue weighted by atomic mass is 9.99. The summed E-state index contributed by atoms with van der Waals surface area (Å²) in [5.74, 6) is 0.620. The molecule has 1 fully saturated rings. The minimum Gasteiger partial charge on any atom is -0.351 e. The predicted octanol–water partition coefficient (Wildman–Crippen LogP) is 2.17. The van der Waals surface area contributed by atoms with Crippen LogP contribution in [0.1, 0.15) is 55.3 Å². The molecule has 108 valence electrons. The summed E-state index contributed by atoms with van der Waals surface area (Å²) in [4.78, 5) is 13.9. The van der Waals surface area contributed by atoms with Crippen LogP contribution in [-0.2, 0) is 0 Å². The molecule has 1 amide bonds. The number of nitrogens with two attached hydrogens (primary N) is 1. The molecule has 0 bridgehead atoms. The molecule has 0 saturated carbocycles. The molecular formula is C13H22ClN3O2. The van der Waals surface area contributed by atoms with E-state index >= 15 is 0 Å². The van der Waals surface area contributed by atoms with E-state index in [2.05, 4.69) is 19.0 Å². The van der Waals surface area contributed by atoms with Gasteiger partial charge in [-0.15, -0.1) is 12.4 Å². The number of halogens is 1. The van der Waals surface area contributed by atoms with Gasteiger partial charge in [-0.2, -0.15) is 0 Å². The number of nitrogens with zero attached hydrogens (tertiary/aromatic N) is 2. The van der Waals surface area contributed by atoms with Crippen LogP contribution in [0.3, 0.4) is 0 Å². The van der Waals surface area contributed by atoms with Crippen molar-refractivity contribution in [1.29, 1.82) is 0 Å². The van der Waals surface area contributed by atoms with Gasteiger partial charge in [0.2, 0.25) is 5.76 Å². The summed E-state index contributed by atoms with van der Waals surface area (Å²) in [6.07, 6.45) is 2.87. The zero-order valence-electron chi connectivity index (χ0n) is 11.5. The van der Waals surface area contributed by atoms with Crippen molar-refractivity contribution in [3.63, 3.8) is 0 Å². The number of amides is 1. The van der Waals surface area contributed by atoms with Crippen molar-refractivity contribution in [3.05, 3.63) is 17.5 Å². The van der Waals surface area contributed by atoms with E-state index in [9.17, 15) is 4.79 Å². The zero-order valence-corrected chi connectivity index (χ0v) is 12.3. The zero-order chi connectivity index (χ0) is 13.1. The average Bonchev–Trinajstić information content (AvgIpc) is 2.99. The fourth-order valence-electron chi connectivity index (χ4n) is 2.42. The van der Waals surface area contributed by atoms with E-state index in [0.29, 0.717) is 24.8 Å². The molecule has 0 spiro atoms. The van der Waals surface area contributed by atoms with E-state index in [0.717, 1.165) is 25.0 Å². The van der Waals surface area contributed by atoms with Gasteiger partial charge in [-0.1, -0.05) is 19.0 Å².